The molecule has 0 saturated carbocycles. The molecule has 1 unspecified atom stereocenters. The SMILES string of the molecule is COCCNC(=O)CCNCC1Cc2ccccc21. The lowest BCUT2D eigenvalue weighted by atomic mass is 9.77. The van der Waals surface area contributed by atoms with Crippen molar-refractivity contribution in [2.75, 3.05) is 33.4 Å². The maximum absolute atomic E-state index is 11.4. The Bertz CT molecular complexity index is 420. The molecule has 0 aliphatic heterocycles. The van der Waals surface area contributed by atoms with Crippen LogP contribution in [0.4, 0.5) is 0 Å². The zero-order valence-electron chi connectivity index (χ0n) is 11.4. The van der Waals surface area contributed by atoms with Gasteiger partial charge in [0.1, 0.15) is 0 Å². The van der Waals surface area contributed by atoms with Crippen LogP contribution in [0, 0.1) is 0 Å². The van der Waals surface area contributed by atoms with E-state index in [-0.39, 0.29) is 5.91 Å². The molecule has 0 spiro atoms. The molecule has 4 heteroatoms. The standard InChI is InChI=1S/C15H22N2O2/c1-19-9-8-17-15(18)6-7-16-11-13-10-12-4-2-3-5-14(12)13/h2-5,13,16H,6-11H2,1H3,(H,17,18). The summed E-state index contributed by atoms with van der Waals surface area (Å²) in [6.07, 6.45) is 1.68. The molecule has 0 heterocycles. The van der Waals surface area contributed by atoms with Crippen LogP contribution in [-0.2, 0) is 16.0 Å². The summed E-state index contributed by atoms with van der Waals surface area (Å²) in [6.45, 7) is 2.85. The number of carbonyl (C=O) groups excluding carboxylic acids is 1. The second-order valence-corrected chi connectivity index (χ2v) is 4.90. The molecule has 1 aliphatic rings. The first kappa shape index (κ1) is 14.0. The number of benzene rings is 1. The quantitative estimate of drug-likeness (QED) is 0.689. The highest BCUT2D eigenvalue weighted by molar-refractivity contribution is 5.76. The third kappa shape index (κ3) is 4.04. The highest BCUT2D eigenvalue weighted by Gasteiger charge is 2.24. The van der Waals surface area contributed by atoms with E-state index >= 15 is 0 Å². The Morgan fingerprint density at radius 3 is 3.00 bits per heavy atom. The second-order valence-electron chi connectivity index (χ2n) is 4.90. The van der Waals surface area contributed by atoms with Crippen LogP contribution in [0.2, 0.25) is 0 Å². The minimum Gasteiger partial charge on any atom is -0.383 e. The van der Waals surface area contributed by atoms with E-state index in [0.29, 0.717) is 25.5 Å². The summed E-state index contributed by atoms with van der Waals surface area (Å²) in [5.41, 5.74) is 2.92. The van der Waals surface area contributed by atoms with Crippen LogP contribution < -0.4 is 10.6 Å². The van der Waals surface area contributed by atoms with Gasteiger partial charge in [0, 0.05) is 39.1 Å². The first-order valence-electron chi connectivity index (χ1n) is 6.85. The summed E-state index contributed by atoms with van der Waals surface area (Å²) in [5, 5.41) is 6.17. The van der Waals surface area contributed by atoms with Crippen molar-refractivity contribution in [3.05, 3.63) is 35.4 Å². The van der Waals surface area contributed by atoms with Gasteiger partial charge in [-0.3, -0.25) is 4.79 Å². The van der Waals surface area contributed by atoms with Crippen molar-refractivity contribution in [2.24, 2.45) is 0 Å². The molecule has 4 nitrogen and oxygen atoms in total. The molecule has 2 N–H and O–H groups in total. The number of methoxy groups -OCH3 is 1. The van der Waals surface area contributed by atoms with Crippen molar-refractivity contribution < 1.29 is 9.53 Å². The van der Waals surface area contributed by atoms with Gasteiger partial charge in [-0.1, -0.05) is 24.3 Å². The molecule has 1 aromatic rings. The minimum atomic E-state index is 0.0820. The monoisotopic (exact) mass is 262 g/mol. The summed E-state index contributed by atoms with van der Waals surface area (Å²) < 4.78 is 4.87. The van der Waals surface area contributed by atoms with Gasteiger partial charge in [-0.25, -0.2) is 0 Å². The zero-order valence-corrected chi connectivity index (χ0v) is 11.4. The molecule has 0 radical (unpaired) electrons. The third-order valence-corrected chi connectivity index (χ3v) is 3.51. The number of hydrogen-bond donors (Lipinski definition) is 2. The highest BCUT2D eigenvalue weighted by Crippen LogP contribution is 2.33. The van der Waals surface area contributed by atoms with Gasteiger partial charge < -0.3 is 15.4 Å². The number of nitrogens with one attached hydrogen (secondary N) is 2. The van der Waals surface area contributed by atoms with Gasteiger partial charge in [0.25, 0.3) is 0 Å². The summed E-state index contributed by atoms with van der Waals surface area (Å²) in [4.78, 5) is 11.4. The van der Waals surface area contributed by atoms with Gasteiger partial charge in [-0.05, 0) is 17.5 Å². The highest BCUT2D eigenvalue weighted by atomic mass is 16.5. The van der Waals surface area contributed by atoms with Gasteiger partial charge in [0.15, 0.2) is 0 Å². The third-order valence-electron chi connectivity index (χ3n) is 3.51. The lowest BCUT2D eigenvalue weighted by Gasteiger charge is -2.30. The van der Waals surface area contributed by atoms with Crippen LogP contribution >= 0.6 is 0 Å². The molecule has 1 aliphatic carbocycles. The first-order chi connectivity index (χ1) is 9.31. The Balaban J connectivity index is 1.55. The summed E-state index contributed by atoms with van der Waals surface area (Å²) in [7, 11) is 1.63. The number of carbonyl (C=O) groups is 1. The topological polar surface area (TPSA) is 50.4 Å². The molecule has 0 bridgehead atoms. The normalized spacial score (nSPS) is 16.6. The van der Waals surface area contributed by atoms with Gasteiger partial charge >= 0.3 is 0 Å². The van der Waals surface area contributed by atoms with E-state index in [1.807, 2.05) is 0 Å². The second kappa shape index (κ2) is 7.26. The molecule has 1 aromatic carbocycles. The van der Waals surface area contributed by atoms with Gasteiger partial charge in [0.2, 0.25) is 5.91 Å². The Hall–Kier alpha value is -1.39. The number of ether oxygens (including phenoxy) is 1. The van der Waals surface area contributed by atoms with Gasteiger partial charge in [-0.2, -0.15) is 0 Å². The van der Waals surface area contributed by atoms with Crippen molar-refractivity contribution in [3.63, 3.8) is 0 Å². The number of hydrogen-bond acceptors (Lipinski definition) is 3. The van der Waals surface area contributed by atoms with Crippen molar-refractivity contribution in [3.8, 4) is 0 Å². The predicted molar refractivity (Wildman–Crippen MR) is 75.3 cm³/mol. The maximum Gasteiger partial charge on any atom is 0.221 e. The molecule has 1 amide bonds. The van der Waals surface area contributed by atoms with Crippen molar-refractivity contribution in [1.29, 1.82) is 0 Å². The summed E-state index contributed by atoms with van der Waals surface area (Å²) in [6, 6.07) is 8.57. The van der Waals surface area contributed by atoms with Crippen LogP contribution in [0.1, 0.15) is 23.5 Å². The molecule has 0 aromatic heterocycles. The molecule has 0 fully saturated rings. The zero-order chi connectivity index (χ0) is 13.5. The molecule has 104 valence electrons. The molecular formula is C15H22N2O2. The smallest absolute Gasteiger partial charge is 0.221 e. The van der Waals surface area contributed by atoms with E-state index in [0.717, 1.165) is 19.5 Å². The fourth-order valence-corrected chi connectivity index (χ4v) is 2.40. The summed E-state index contributed by atoms with van der Waals surface area (Å²) >= 11 is 0. The Labute approximate surface area is 114 Å². The first-order valence-corrected chi connectivity index (χ1v) is 6.85. The van der Waals surface area contributed by atoms with E-state index in [1.165, 1.54) is 11.1 Å². The predicted octanol–water partition coefficient (Wildman–Crippen LogP) is 1.07. The molecule has 2 rings (SSSR count). The molecule has 0 saturated heterocycles. The number of fused-ring (bicyclic) bond motifs is 1. The van der Waals surface area contributed by atoms with E-state index in [4.69, 9.17) is 4.74 Å². The minimum absolute atomic E-state index is 0.0820. The van der Waals surface area contributed by atoms with Crippen molar-refractivity contribution in [1.82, 2.24) is 10.6 Å². The molecule has 19 heavy (non-hydrogen) atoms. The van der Waals surface area contributed by atoms with E-state index in [1.54, 1.807) is 7.11 Å². The fourth-order valence-electron chi connectivity index (χ4n) is 2.40. The van der Waals surface area contributed by atoms with Crippen LogP contribution in [0.15, 0.2) is 24.3 Å². The van der Waals surface area contributed by atoms with Crippen molar-refractivity contribution >= 4 is 5.91 Å². The Morgan fingerprint density at radius 1 is 1.37 bits per heavy atom. The largest absolute Gasteiger partial charge is 0.383 e. The number of amides is 1. The van der Waals surface area contributed by atoms with Crippen LogP contribution in [-0.4, -0.2) is 39.3 Å². The van der Waals surface area contributed by atoms with Crippen LogP contribution in [0.25, 0.3) is 0 Å². The van der Waals surface area contributed by atoms with Gasteiger partial charge in [-0.15, -0.1) is 0 Å². The molecular weight excluding hydrogens is 240 g/mol. The Kier molecular flexibility index (Phi) is 5.36. The Morgan fingerprint density at radius 2 is 2.21 bits per heavy atom. The fraction of sp³-hybridized carbons (Fsp3) is 0.533. The van der Waals surface area contributed by atoms with Crippen LogP contribution in [0.3, 0.4) is 0 Å². The lowest BCUT2D eigenvalue weighted by Crippen LogP contribution is -2.33. The average Bonchev–Trinajstić information content (AvgIpc) is 2.39. The van der Waals surface area contributed by atoms with Gasteiger partial charge in [0.05, 0.1) is 6.61 Å². The lowest BCUT2D eigenvalue weighted by molar-refractivity contribution is -0.121. The van der Waals surface area contributed by atoms with E-state index < -0.39 is 0 Å². The average molecular weight is 262 g/mol. The maximum atomic E-state index is 11.4. The number of rotatable bonds is 8. The van der Waals surface area contributed by atoms with Crippen LogP contribution in [0.5, 0.6) is 0 Å². The van der Waals surface area contributed by atoms with E-state index in [2.05, 4.69) is 34.9 Å². The molecule has 1 atom stereocenters. The van der Waals surface area contributed by atoms with E-state index in [9.17, 15) is 4.79 Å². The van der Waals surface area contributed by atoms with Crippen molar-refractivity contribution in [2.45, 2.75) is 18.8 Å². The summed E-state index contributed by atoms with van der Waals surface area (Å²) in [5.74, 6) is 0.700.